The predicted molar refractivity (Wildman–Crippen MR) is 74.4 cm³/mol. The van der Waals surface area contributed by atoms with Crippen molar-refractivity contribution in [1.29, 1.82) is 0 Å². The van der Waals surface area contributed by atoms with E-state index in [1.165, 1.54) is 0 Å². The zero-order chi connectivity index (χ0) is 14.9. The van der Waals surface area contributed by atoms with Crippen molar-refractivity contribution in [1.82, 2.24) is 14.9 Å². The second kappa shape index (κ2) is 5.46. The van der Waals surface area contributed by atoms with Crippen LogP contribution in [0.5, 0.6) is 0 Å². The smallest absolute Gasteiger partial charge is 0.257 e. The average molecular weight is 298 g/mol. The maximum absolute atomic E-state index is 14.5. The molecule has 0 bridgehead atoms. The highest BCUT2D eigenvalue weighted by Gasteiger charge is 2.59. The van der Waals surface area contributed by atoms with Gasteiger partial charge in [-0.25, -0.2) is 13.8 Å². The van der Waals surface area contributed by atoms with Gasteiger partial charge in [0.05, 0.1) is 18.2 Å². The fraction of sp³-hybridized carbons (Fsp3) is 0.714. The van der Waals surface area contributed by atoms with Crippen LogP contribution in [-0.2, 0) is 0 Å². The van der Waals surface area contributed by atoms with E-state index in [1.807, 2.05) is 9.80 Å². The molecule has 0 amide bonds. The third-order valence-corrected chi connectivity index (χ3v) is 4.69. The number of rotatable bonds is 3. The van der Waals surface area contributed by atoms with Gasteiger partial charge in [0.25, 0.3) is 5.92 Å². The summed E-state index contributed by atoms with van der Waals surface area (Å²) in [5.74, 6) is -2.01. The molecule has 3 rings (SSSR count). The van der Waals surface area contributed by atoms with E-state index < -0.39 is 11.3 Å². The number of nitrogens with zero attached hydrogens (tertiary/aromatic N) is 4. The summed E-state index contributed by atoms with van der Waals surface area (Å²) in [7, 11) is 0. The third-order valence-electron chi connectivity index (χ3n) is 4.69. The summed E-state index contributed by atoms with van der Waals surface area (Å²) in [5, 5.41) is 9.05. The van der Waals surface area contributed by atoms with Crippen LogP contribution in [0.4, 0.5) is 14.6 Å². The van der Waals surface area contributed by atoms with Gasteiger partial charge < -0.3 is 10.0 Å². The summed E-state index contributed by atoms with van der Waals surface area (Å²) in [5.41, 5.74) is -1.04. The van der Waals surface area contributed by atoms with Gasteiger partial charge in [-0.15, -0.1) is 0 Å². The third kappa shape index (κ3) is 2.60. The van der Waals surface area contributed by atoms with E-state index >= 15 is 0 Å². The van der Waals surface area contributed by atoms with Crippen molar-refractivity contribution in [2.75, 3.05) is 44.2 Å². The van der Waals surface area contributed by atoms with E-state index in [-0.39, 0.29) is 13.0 Å². The molecule has 0 saturated carbocycles. The van der Waals surface area contributed by atoms with Crippen molar-refractivity contribution in [3.63, 3.8) is 0 Å². The zero-order valence-electron chi connectivity index (χ0n) is 11.9. The number of alkyl halides is 2. The van der Waals surface area contributed by atoms with E-state index in [9.17, 15) is 8.78 Å². The number of hydrogen-bond donors (Lipinski definition) is 1. The molecular weight excluding hydrogens is 278 g/mol. The van der Waals surface area contributed by atoms with Gasteiger partial charge in [-0.2, -0.15) is 0 Å². The van der Waals surface area contributed by atoms with Crippen molar-refractivity contribution in [3.05, 3.63) is 18.6 Å². The Morgan fingerprint density at radius 1 is 1.19 bits per heavy atom. The Morgan fingerprint density at radius 3 is 2.76 bits per heavy atom. The van der Waals surface area contributed by atoms with Gasteiger partial charge in [-0.05, 0) is 6.42 Å². The lowest BCUT2D eigenvalue weighted by atomic mass is 9.75. The number of aliphatic hydroxyl groups excluding tert-OH is 1. The Kier molecular flexibility index (Phi) is 3.79. The van der Waals surface area contributed by atoms with E-state index in [4.69, 9.17) is 5.11 Å². The van der Waals surface area contributed by atoms with E-state index in [0.29, 0.717) is 45.0 Å². The van der Waals surface area contributed by atoms with Gasteiger partial charge in [0.2, 0.25) is 0 Å². The molecule has 1 atom stereocenters. The van der Waals surface area contributed by atoms with Crippen LogP contribution in [0.15, 0.2) is 18.6 Å². The van der Waals surface area contributed by atoms with Gasteiger partial charge in [0.1, 0.15) is 5.82 Å². The van der Waals surface area contributed by atoms with Crippen LogP contribution in [0.25, 0.3) is 0 Å². The number of hydrogen-bond acceptors (Lipinski definition) is 5. The second-order valence-electron chi connectivity index (χ2n) is 5.97. The van der Waals surface area contributed by atoms with Crippen LogP contribution in [0.2, 0.25) is 0 Å². The molecule has 2 aliphatic heterocycles. The number of anilines is 1. The predicted octanol–water partition coefficient (Wildman–Crippen LogP) is 1.01. The van der Waals surface area contributed by atoms with Crippen molar-refractivity contribution in [2.24, 2.45) is 5.41 Å². The van der Waals surface area contributed by atoms with Crippen LogP contribution in [0.3, 0.4) is 0 Å². The molecule has 2 aliphatic rings. The van der Waals surface area contributed by atoms with Crippen molar-refractivity contribution in [2.45, 2.75) is 18.8 Å². The Morgan fingerprint density at radius 2 is 2.05 bits per heavy atom. The highest BCUT2D eigenvalue weighted by atomic mass is 19.3. The van der Waals surface area contributed by atoms with Gasteiger partial charge in [0.15, 0.2) is 0 Å². The number of aromatic nitrogens is 2. The molecule has 0 aliphatic carbocycles. The number of aliphatic hydroxyl groups is 1. The molecule has 2 fully saturated rings. The quantitative estimate of drug-likeness (QED) is 0.902. The van der Waals surface area contributed by atoms with Crippen molar-refractivity contribution >= 4 is 5.82 Å². The fourth-order valence-corrected chi connectivity index (χ4v) is 3.47. The maximum atomic E-state index is 14.5. The number of halogens is 2. The van der Waals surface area contributed by atoms with Crippen LogP contribution >= 0.6 is 0 Å². The molecule has 1 aromatic heterocycles. The van der Waals surface area contributed by atoms with Crippen molar-refractivity contribution in [3.8, 4) is 0 Å². The lowest BCUT2D eigenvalue weighted by molar-refractivity contribution is -0.158. The summed E-state index contributed by atoms with van der Waals surface area (Å²) in [4.78, 5) is 12.0. The summed E-state index contributed by atoms with van der Waals surface area (Å²) < 4.78 is 29.0. The summed E-state index contributed by atoms with van der Waals surface area (Å²) in [6.07, 6.45) is 5.08. The Bertz CT molecular complexity index is 487. The minimum Gasteiger partial charge on any atom is -0.395 e. The molecule has 2 saturated heterocycles. The Balaban J connectivity index is 1.79. The topological polar surface area (TPSA) is 52.5 Å². The Hall–Kier alpha value is -1.34. The number of β-amino-alcohol motifs (C(OH)–C–C–N with tert-alkyl or cyclic N) is 1. The monoisotopic (exact) mass is 298 g/mol. The minimum absolute atomic E-state index is 0.00945. The van der Waals surface area contributed by atoms with E-state index in [1.54, 1.807) is 18.6 Å². The van der Waals surface area contributed by atoms with Gasteiger partial charge in [-0.3, -0.25) is 9.88 Å². The first kappa shape index (κ1) is 14.6. The van der Waals surface area contributed by atoms with Gasteiger partial charge in [-0.1, -0.05) is 0 Å². The molecule has 7 heteroatoms. The molecule has 3 heterocycles. The van der Waals surface area contributed by atoms with Crippen LogP contribution in [0, 0.1) is 5.41 Å². The second-order valence-corrected chi connectivity index (χ2v) is 5.97. The lowest BCUT2D eigenvalue weighted by Gasteiger charge is -2.45. The molecule has 1 N–H and O–H groups in total. The molecule has 21 heavy (non-hydrogen) atoms. The molecule has 0 radical (unpaired) electrons. The first-order valence-electron chi connectivity index (χ1n) is 7.28. The molecule has 116 valence electrons. The standard InChI is InChI=1S/C14H20F2N4O/c15-14(16)2-5-19(7-8-21)10-13(14)1-6-20(11-13)12-9-17-3-4-18-12/h3-4,9,21H,1-2,5-8,10-11H2/t13-/m0/s1. The molecular formula is C14H20F2N4O. The summed E-state index contributed by atoms with van der Waals surface area (Å²) in [6, 6.07) is 0. The van der Waals surface area contributed by atoms with Gasteiger partial charge in [0, 0.05) is 51.5 Å². The maximum Gasteiger partial charge on any atom is 0.257 e. The number of piperidine rings is 1. The molecule has 0 unspecified atom stereocenters. The first-order chi connectivity index (χ1) is 10.1. The lowest BCUT2D eigenvalue weighted by Crippen LogP contribution is -2.57. The number of likely N-dealkylation sites (tertiary alicyclic amines) is 1. The highest BCUT2D eigenvalue weighted by Crippen LogP contribution is 2.49. The van der Waals surface area contributed by atoms with Crippen LogP contribution < -0.4 is 4.90 Å². The Labute approximate surface area is 122 Å². The van der Waals surface area contributed by atoms with Gasteiger partial charge >= 0.3 is 0 Å². The highest BCUT2D eigenvalue weighted by molar-refractivity contribution is 5.38. The first-order valence-corrected chi connectivity index (χ1v) is 7.28. The summed E-state index contributed by atoms with van der Waals surface area (Å²) >= 11 is 0. The zero-order valence-corrected chi connectivity index (χ0v) is 11.9. The largest absolute Gasteiger partial charge is 0.395 e. The van der Waals surface area contributed by atoms with Crippen LogP contribution in [-0.4, -0.2) is 65.2 Å². The SMILES string of the molecule is OCCN1CCC(F)(F)[C@@]2(CCN(c3cnccn3)C2)C1. The fourth-order valence-electron chi connectivity index (χ4n) is 3.47. The molecule has 5 nitrogen and oxygen atoms in total. The van der Waals surface area contributed by atoms with E-state index in [2.05, 4.69) is 9.97 Å². The molecule has 0 aromatic carbocycles. The summed E-state index contributed by atoms with van der Waals surface area (Å²) in [6.45, 7) is 2.01. The normalized spacial score (nSPS) is 29.2. The molecule has 1 spiro atoms. The molecule has 1 aromatic rings. The van der Waals surface area contributed by atoms with E-state index in [0.717, 1.165) is 0 Å². The average Bonchev–Trinajstić information content (AvgIpc) is 2.91. The van der Waals surface area contributed by atoms with Crippen molar-refractivity contribution < 1.29 is 13.9 Å². The minimum atomic E-state index is -2.67. The van der Waals surface area contributed by atoms with Crippen LogP contribution in [0.1, 0.15) is 12.8 Å².